The topological polar surface area (TPSA) is 84.5 Å². The Hall–Kier alpha value is -1.12. The third-order valence-corrected chi connectivity index (χ3v) is 5.86. The van der Waals surface area contributed by atoms with E-state index in [2.05, 4.69) is 10.00 Å². The molecule has 1 aromatic heterocycles. The van der Waals surface area contributed by atoms with Crippen LogP contribution < -0.4 is 5.73 Å². The summed E-state index contributed by atoms with van der Waals surface area (Å²) in [5.74, 6) is 0.0755. The highest BCUT2D eigenvalue weighted by Crippen LogP contribution is 2.26. The van der Waals surface area contributed by atoms with Gasteiger partial charge in [-0.3, -0.25) is 4.68 Å². The molecule has 1 atom stereocenters. The predicted molar refractivity (Wildman–Crippen MR) is 73.2 cm³/mol. The Kier molecular flexibility index (Phi) is 3.59. The Bertz CT molecular complexity index is 580. The first-order valence-electron chi connectivity index (χ1n) is 6.24. The van der Waals surface area contributed by atoms with Crippen molar-refractivity contribution in [2.24, 2.45) is 7.05 Å². The Morgan fingerprint density at radius 2 is 1.95 bits per heavy atom. The number of anilines is 1. The second-order valence-electron chi connectivity index (χ2n) is 5.12. The number of nitrogens with zero attached hydrogens (tertiary/aromatic N) is 4. The molecular weight excluding hydrogens is 266 g/mol. The van der Waals surface area contributed by atoms with Crippen LogP contribution in [0.3, 0.4) is 0 Å². The van der Waals surface area contributed by atoms with Crippen LogP contribution in [0, 0.1) is 6.92 Å². The summed E-state index contributed by atoms with van der Waals surface area (Å²) in [7, 11) is 0.130. The van der Waals surface area contributed by atoms with E-state index in [4.69, 9.17) is 5.73 Å². The summed E-state index contributed by atoms with van der Waals surface area (Å²) in [6, 6.07) is 0.196. The van der Waals surface area contributed by atoms with Crippen LogP contribution in [0.1, 0.15) is 12.6 Å². The maximum Gasteiger partial charge on any atom is 0.248 e. The molecule has 0 radical (unpaired) electrons. The summed E-state index contributed by atoms with van der Waals surface area (Å²) >= 11 is 0. The molecule has 7 nitrogen and oxygen atoms in total. The molecule has 1 aromatic rings. The summed E-state index contributed by atoms with van der Waals surface area (Å²) in [5, 5.41) is 3.98. The molecule has 108 valence electrons. The van der Waals surface area contributed by atoms with Crippen LogP contribution in [0.15, 0.2) is 4.90 Å². The van der Waals surface area contributed by atoms with Gasteiger partial charge in [-0.2, -0.15) is 9.40 Å². The van der Waals surface area contributed by atoms with Gasteiger partial charge in [0, 0.05) is 32.7 Å². The van der Waals surface area contributed by atoms with Crippen molar-refractivity contribution in [2.75, 3.05) is 32.4 Å². The average molecular weight is 287 g/mol. The number of likely N-dealkylation sites (N-methyl/N-ethyl adjacent to an activating group) is 1. The van der Waals surface area contributed by atoms with E-state index in [1.807, 2.05) is 14.0 Å². The molecule has 0 bridgehead atoms. The fraction of sp³-hybridized carbons (Fsp3) is 0.727. The van der Waals surface area contributed by atoms with Crippen molar-refractivity contribution >= 4 is 15.8 Å². The number of rotatable bonds is 2. The van der Waals surface area contributed by atoms with Crippen LogP contribution in [0.5, 0.6) is 0 Å². The zero-order valence-corrected chi connectivity index (χ0v) is 12.6. The van der Waals surface area contributed by atoms with Gasteiger partial charge in [-0.25, -0.2) is 8.42 Å². The number of hydrogen-bond acceptors (Lipinski definition) is 5. The summed E-state index contributed by atoms with van der Waals surface area (Å²) < 4.78 is 28.3. The van der Waals surface area contributed by atoms with E-state index in [0.717, 1.165) is 6.54 Å². The van der Waals surface area contributed by atoms with Gasteiger partial charge in [0.05, 0.1) is 5.69 Å². The third kappa shape index (κ3) is 2.35. The fourth-order valence-corrected chi connectivity index (χ4v) is 4.10. The molecule has 2 heterocycles. The van der Waals surface area contributed by atoms with E-state index >= 15 is 0 Å². The van der Waals surface area contributed by atoms with Crippen LogP contribution >= 0.6 is 0 Å². The zero-order chi connectivity index (χ0) is 14.4. The lowest BCUT2D eigenvalue weighted by Crippen LogP contribution is -2.51. The first kappa shape index (κ1) is 14.3. The standard InChI is InChI=1S/C11H21N5O2S/c1-8-7-16(6-5-14(8)3)19(17,18)10-9(2)15(4)13-11(10)12/h8H,5-7H2,1-4H3,(H2,12,13). The molecule has 1 saturated heterocycles. The Morgan fingerprint density at radius 3 is 2.42 bits per heavy atom. The summed E-state index contributed by atoms with van der Waals surface area (Å²) in [6.07, 6.45) is 0. The van der Waals surface area contributed by atoms with E-state index < -0.39 is 10.0 Å². The van der Waals surface area contributed by atoms with Crippen LogP contribution in [-0.2, 0) is 17.1 Å². The smallest absolute Gasteiger partial charge is 0.248 e. The van der Waals surface area contributed by atoms with Crippen molar-refractivity contribution in [3.63, 3.8) is 0 Å². The van der Waals surface area contributed by atoms with Gasteiger partial charge >= 0.3 is 0 Å². The molecular formula is C11H21N5O2S. The quantitative estimate of drug-likeness (QED) is 0.802. The van der Waals surface area contributed by atoms with Crippen molar-refractivity contribution in [1.82, 2.24) is 19.0 Å². The maximum absolute atomic E-state index is 12.7. The lowest BCUT2D eigenvalue weighted by molar-refractivity contribution is 0.159. The first-order valence-corrected chi connectivity index (χ1v) is 7.68. The maximum atomic E-state index is 12.7. The molecule has 0 aromatic carbocycles. The second kappa shape index (κ2) is 4.77. The van der Waals surface area contributed by atoms with E-state index in [0.29, 0.717) is 18.8 Å². The van der Waals surface area contributed by atoms with Gasteiger partial charge < -0.3 is 10.6 Å². The van der Waals surface area contributed by atoms with Gasteiger partial charge in [-0.1, -0.05) is 0 Å². The summed E-state index contributed by atoms with van der Waals surface area (Å²) in [6.45, 7) is 5.42. The Balaban J connectivity index is 2.38. The molecule has 0 spiro atoms. The van der Waals surface area contributed by atoms with Crippen molar-refractivity contribution in [1.29, 1.82) is 0 Å². The van der Waals surface area contributed by atoms with Crippen LogP contribution in [0.4, 0.5) is 5.82 Å². The second-order valence-corrected chi connectivity index (χ2v) is 6.99. The fourth-order valence-electron chi connectivity index (χ4n) is 2.30. The van der Waals surface area contributed by atoms with E-state index in [9.17, 15) is 8.42 Å². The minimum atomic E-state index is -3.56. The van der Waals surface area contributed by atoms with Gasteiger partial charge in [-0.15, -0.1) is 0 Å². The summed E-state index contributed by atoms with van der Waals surface area (Å²) in [4.78, 5) is 2.29. The van der Waals surface area contributed by atoms with Gasteiger partial charge in [0.2, 0.25) is 10.0 Å². The molecule has 19 heavy (non-hydrogen) atoms. The molecule has 1 fully saturated rings. The Labute approximate surface area is 114 Å². The van der Waals surface area contributed by atoms with E-state index in [-0.39, 0.29) is 16.8 Å². The highest BCUT2D eigenvalue weighted by Gasteiger charge is 2.34. The number of sulfonamides is 1. The minimum absolute atomic E-state index is 0.0755. The third-order valence-electron chi connectivity index (χ3n) is 3.82. The van der Waals surface area contributed by atoms with Crippen molar-refractivity contribution < 1.29 is 8.42 Å². The van der Waals surface area contributed by atoms with Gasteiger partial charge in [0.15, 0.2) is 5.82 Å². The average Bonchev–Trinajstić information content (AvgIpc) is 2.57. The van der Waals surface area contributed by atoms with Crippen LogP contribution in [-0.4, -0.2) is 60.1 Å². The molecule has 0 saturated carbocycles. The monoisotopic (exact) mass is 287 g/mol. The number of aromatic nitrogens is 2. The van der Waals surface area contributed by atoms with Crippen molar-refractivity contribution in [3.8, 4) is 0 Å². The van der Waals surface area contributed by atoms with Crippen LogP contribution in [0.25, 0.3) is 0 Å². The van der Waals surface area contributed by atoms with Gasteiger partial charge in [0.1, 0.15) is 4.90 Å². The van der Waals surface area contributed by atoms with Crippen molar-refractivity contribution in [2.45, 2.75) is 24.8 Å². The highest BCUT2D eigenvalue weighted by molar-refractivity contribution is 7.89. The normalized spacial score (nSPS) is 22.8. The number of nitrogen functional groups attached to an aromatic ring is 1. The van der Waals surface area contributed by atoms with E-state index in [1.165, 1.54) is 8.99 Å². The Morgan fingerprint density at radius 1 is 1.32 bits per heavy atom. The molecule has 2 N–H and O–H groups in total. The molecule has 1 aliphatic heterocycles. The van der Waals surface area contributed by atoms with Crippen molar-refractivity contribution in [3.05, 3.63) is 5.69 Å². The first-order chi connectivity index (χ1) is 8.75. The van der Waals surface area contributed by atoms with E-state index in [1.54, 1.807) is 14.0 Å². The van der Waals surface area contributed by atoms with Gasteiger partial charge in [-0.05, 0) is 20.9 Å². The SMILES string of the molecule is Cc1c(S(=O)(=O)N2CCN(C)C(C)C2)c(N)nn1C. The number of hydrogen-bond donors (Lipinski definition) is 1. The largest absolute Gasteiger partial charge is 0.381 e. The number of aryl methyl sites for hydroxylation is 1. The molecule has 8 heteroatoms. The molecule has 1 aliphatic rings. The minimum Gasteiger partial charge on any atom is -0.381 e. The lowest BCUT2D eigenvalue weighted by atomic mass is 10.2. The van der Waals surface area contributed by atoms with Crippen LogP contribution in [0.2, 0.25) is 0 Å². The molecule has 0 amide bonds. The predicted octanol–water partition coefficient (Wildman–Crippen LogP) is -0.365. The molecule has 0 aliphatic carbocycles. The lowest BCUT2D eigenvalue weighted by Gasteiger charge is -2.36. The highest BCUT2D eigenvalue weighted by atomic mass is 32.2. The number of nitrogens with two attached hydrogens (primary N) is 1. The summed E-state index contributed by atoms with van der Waals surface area (Å²) in [5.41, 5.74) is 6.32. The molecule has 1 unspecified atom stereocenters. The number of piperazine rings is 1. The van der Waals surface area contributed by atoms with Gasteiger partial charge in [0.25, 0.3) is 0 Å². The molecule has 2 rings (SSSR count). The zero-order valence-electron chi connectivity index (χ0n) is 11.8.